The number of rotatable bonds is 4. The van der Waals surface area contributed by atoms with Gasteiger partial charge < -0.3 is 10.4 Å². The number of thiophene rings is 1. The SMILES string of the molecule is O=C(NCCc1ccsc1)c1ccc(F)cc1C#CCO. The second-order valence-electron chi connectivity index (χ2n) is 4.29. The third-order valence-electron chi connectivity index (χ3n) is 2.81. The summed E-state index contributed by atoms with van der Waals surface area (Å²) in [5.74, 6) is 4.25. The van der Waals surface area contributed by atoms with Gasteiger partial charge in [-0.05, 0) is 47.0 Å². The molecule has 0 spiro atoms. The first kappa shape index (κ1) is 15.2. The van der Waals surface area contributed by atoms with E-state index in [1.54, 1.807) is 11.3 Å². The van der Waals surface area contributed by atoms with Gasteiger partial charge in [0.1, 0.15) is 12.4 Å². The van der Waals surface area contributed by atoms with Crippen LogP contribution < -0.4 is 5.32 Å². The first-order chi connectivity index (χ1) is 10.2. The van der Waals surface area contributed by atoms with Crippen LogP contribution in [0.3, 0.4) is 0 Å². The maximum absolute atomic E-state index is 13.2. The van der Waals surface area contributed by atoms with Gasteiger partial charge in [-0.15, -0.1) is 0 Å². The predicted molar refractivity (Wildman–Crippen MR) is 80.7 cm³/mol. The first-order valence-corrected chi connectivity index (χ1v) is 7.33. The Hall–Kier alpha value is -2.16. The van der Waals surface area contributed by atoms with Crippen molar-refractivity contribution in [2.75, 3.05) is 13.2 Å². The normalized spacial score (nSPS) is 9.81. The van der Waals surface area contributed by atoms with Gasteiger partial charge in [-0.25, -0.2) is 4.39 Å². The zero-order chi connectivity index (χ0) is 15.1. The van der Waals surface area contributed by atoms with E-state index in [2.05, 4.69) is 17.2 Å². The summed E-state index contributed by atoms with van der Waals surface area (Å²) in [4.78, 5) is 12.1. The molecule has 0 aliphatic heterocycles. The molecule has 108 valence electrons. The van der Waals surface area contributed by atoms with Crippen LogP contribution in [0.5, 0.6) is 0 Å². The van der Waals surface area contributed by atoms with E-state index < -0.39 is 5.82 Å². The maximum Gasteiger partial charge on any atom is 0.252 e. The fourth-order valence-corrected chi connectivity index (χ4v) is 2.51. The second-order valence-corrected chi connectivity index (χ2v) is 5.07. The number of nitrogens with one attached hydrogen (secondary N) is 1. The Morgan fingerprint density at radius 2 is 2.24 bits per heavy atom. The average Bonchev–Trinajstić information content (AvgIpc) is 2.98. The minimum absolute atomic E-state index is 0.275. The van der Waals surface area contributed by atoms with Crippen LogP contribution in [-0.2, 0) is 6.42 Å². The smallest absolute Gasteiger partial charge is 0.252 e. The summed E-state index contributed by atoms with van der Waals surface area (Å²) < 4.78 is 13.2. The monoisotopic (exact) mass is 303 g/mol. The Morgan fingerprint density at radius 1 is 1.38 bits per heavy atom. The molecule has 1 aromatic heterocycles. The van der Waals surface area contributed by atoms with Crippen molar-refractivity contribution in [3.8, 4) is 11.8 Å². The molecule has 0 saturated carbocycles. The van der Waals surface area contributed by atoms with Crippen LogP contribution in [-0.4, -0.2) is 24.2 Å². The fraction of sp³-hybridized carbons (Fsp3) is 0.188. The molecule has 1 aromatic carbocycles. The minimum atomic E-state index is -0.466. The average molecular weight is 303 g/mol. The molecule has 0 atom stereocenters. The largest absolute Gasteiger partial charge is 0.384 e. The summed E-state index contributed by atoms with van der Waals surface area (Å²) in [5, 5.41) is 15.5. The summed E-state index contributed by atoms with van der Waals surface area (Å²) in [6, 6.07) is 5.82. The highest BCUT2D eigenvalue weighted by atomic mass is 32.1. The molecule has 2 N–H and O–H groups in total. The summed E-state index contributed by atoms with van der Waals surface area (Å²) >= 11 is 1.61. The second kappa shape index (κ2) is 7.58. The van der Waals surface area contributed by atoms with E-state index >= 15 is 0 Å². The Balaban J connectivity index is 2.04. The van der Waals surface area contributed by atoms with Gasteiger partial charge in [0, 0.05) is 12.1 Å². The summed E-state index contributed by atoms with van der Waals surface area (Å²) in [6.07, 6.45) is 0.744. The molecular weight excluding hydrogens is 289 g/mol. The molecule has 5 heteroatoms. The lowest BCUT2D eigenvalue weighted by atomic mass is 10.1. The number of benzene rings is 1. The Bertz CT molecular complexity index is 671. The van der Waals surface area contributed by atoms with Crippen molar-refractivity contribution in [1.29, 1.82) is 0 Å². The number of hydrogen-bond donors (Lipinski definition) is 2. The molecule has 0 aliphatic rings. The summed E-state index contributed by atoms with van der Waals surface area (Å²) in [6.45, 7) is 0.162. The van der Waals surface area contributed by atoms with Crippen LogP contribution in [0.4, 0.5) is 4.39 Å². The van der Waals surface area contributed by atoms with Gasteiger partial charge in [0.05, 0.1) is 5.56 Å². The van der Waals surface area contributed by atoms with Crippen molar-refractivity contribution in [3.05, 3.63) is 57.5 Å². The van der Waals surface area contributed by atoms with Crippen LogP contribution in [0.15, 0.2) is 35.0 Å². The van der Waals surface area contributed by atoms with Crippen LogP contribution in [0, 0.1) is 17.7 Å². The van der Waals surface area contributed by atoms with Gasteiger partial charge in [0.15, 0.2) is 0 Å². The van der Waals surface area contributed by atoms with E-state index in [9.17, 15) is 9.18 Å². The van der Waals surface area contributed by atoms with E-state index in [1.807, 2.05) is 16.8 Å². The number of carbonyl (C=O) groups is 1. The summed E-state index contributed by atoms with van der Waals surface area (Å²) in [5.41, 5.74) is 1.75. The number of hydrogen-bond acceptors (Lipinski definition) is 3. The minimum Gasteiger partial charge on any atom is -0.384 e. The van der Waals surface area contributed by atoms with Gasteiger partial charge in [-0.3, -0.25) is 4.79 Å². The van der Waals surface area contributed by atoms with E-state index in [0.717, 1.165) is 6.42 Å². The highest BCUT2D eigenvalue weighted by Crippen LogP contribution is 2.11. The quantitative estimate of drug-likeness (QED) is 0.851. The molecule has 0 fully saturated rings. The first-order valence-electron chi connectivity index (χ1n) is 6.39. The molecule has 21 heavy (non-hydrogen) atoms. The van der Waals surface area contributed by atoms with Crippen molar-refractivity contribution in [2.45, 2.75) is 6.42 Å². The van der Waals surface area contributed by atoms with Crippen molar-refractivity contribution < 1.29 is 14.3 Å². The molecule has 2 aromatic rings. The number of aliphatic hydroxyl groups excluding tert-OH is 1. The third kappa shape index (κ3) is 4.42. The van der Waals surface area contributed by atoms with E-state index in [4.69, 9.17) is 5.11 Å². The molecule has 0 saturated heterocycles. The topological polar surface area (TPSA) is 49.3 Å². The van der Waals surface area contributed by atoms with E-state index in [1.165, 1.54) is 23.8 Å². The van der Waals surface area contributed by atoms with Gasteiger partial charge in [-0.1, -0.05) is 11.8 Å². The van der Waals surface area contributed by atoms with Crippen LogP contribution in [0.25, 0.3) is 0 Å². The Labute approximate surface area is 126 Å². The molecule has 0 radical (unpaired) electrons. The lowest BCUT2D eigenvalue weighted by molar-refractivity contribution is 0.0954. The zero-order valence-electron chi connectivity index (χ0n) is 11.2. The lowest BCUT2D eigenvalue weighted by Gasteiger charge is -2.06. The number of amides is 1. The van der Waals surface area contributed by atoms with Gasteiger partial charge >= 0.3 is 0 Å². The highest BCUT2D eigenvalue weighted by molar-refractivity contribution is 7.07. The molecule has 1 heterocycles. The van der Waals surface area contributed by atoms with Gasteiger partial charge in [-0.2, -0.15) is 11.3 Å². The van der Waals surface area contributed by atoms with Crippen LogP contribution >= 0.6 is 11.3 Å². The van der Waals surface area contributed by atoms with Gasteiger partial charge in [0.25, 0.3) is 5.91 Å². The molecule has 0 aliphatic carbocycles. The Morgan fingerprint density at radius 3 is 2.95 bits per heavy atom. The Kier molecular flexibility index (Phi) is 5.50. The van der Waals surface area contributed by atoms with Crippen LogP contribution in [0.1, 0.15) is 21.5 Å². The molecule has 0 bridgehead atoms. The van der Waals surface area contributed by atoms with E-state index in [0.29, 0.717) is 12.1 Å². The van der Waals surface area contributed by atoms with Crippen molar-refractivity contribution in [1.82, 2.24) is 5.32 Å². The fourth-order valence-electron chi connectivity index (χ4n) is 1.80. The number of aliphatic hydroxyl groups is 1. The summed E-state index contributed by atoms with van der Waals surface area (Å²) in [7, 11) is 0. The standard InChI is InChI=1S/C16H14FNO2S/c17-14-3-4-15(13(10-14)2-1-8-19)16(20)18-7-5-12-6-9-21-11-12/h3-4,6,9-11,19H,5,7-8H2,(H,18,20). The number of halogens is 1. The molecule has 0 unspecified atom stereocenters. The predicted octanol–water partition coefficient (Wildman–Crippen LogP) is 2.20. The van der Waals surface area contributed by atoms with Crippen molar-refractivity contribution in [3.63, 3.8) is 0 Å². The van der Waals surface area contributed by atoms with Crippen molar-refractivity contribution in [2.24, 2.45) is 0 Å². The van der Waals surface area contributed by atoms with Crippen molar-refractivity contribution >= 4 is 17.2 Å². The van der Waals surface area contributed by atoms with E-state index in [-0.39, 0.29) is 18.1 Å². The highest BCUT2D eigenvalue weighted by Gasteiger charge is 2.10. The molecular formula is C16H14FNO2S. The maximum atomic E-state index is 13.2. The number of carbonyl (C=O) groups excluding carboxylic acids is 1. The third-order valence-corrected chi connectivity index (χ3v) is 3.54. The molecule has 3 nitrogen and oxygen atoms in total. The van der Waals surface area contributed by atoms with Crippen LogP contribution in [0.2, 0.25) is 0 Å². The molecule has 2 rings (SSSR count). The molecule has 1 amide bonds. The van der Waals surface area contributed by atoms with Gasteiger partial charge in [0.2, 0.25) is 0 Å². The zero-order valence-corrected chi connectivity index (χ0v) is 12.0. The lowest BCUT2D eigenvalue weighted by Crippen LogP contribution is -2.26.